The maximum Gasteiger partial charge on any atom is 0.417 e. The number of anilines is 2. The van der Waals surface area contributed by atoms with Gasteiger partial charge in [-0.05, 0) is 50.4 Å². The van der Waals surface area contributed by atoms with Gasteiger partial charge in [-0.3, -0.25) is 4.90 Å². The van der Waals surface area contributed by atoms with E-state index in [2.05, 4.69) is 15.0 Å². The average molecular weight is 693 g/mol. The summed E-state index contributed by atoms with van der Waals surface area (Å²) < 4.78 is 96.6. The molecule has 0 saturated carbocycles. The Kier molecular flexibility index (Phi) is 7.11. The fourth-order valence-corrected chi connectivity index (χ4v) is 9.02. The Bertz CT molecular complexity index is 1960. The second kappa shape index (κ2) is 10.9. The van der Waals surface area contributed by atoms with E-state index in [1.807, 2.05) is 4.90 Å². The van der Waals surface area contributed by atoms with Crippen LogP contribution in [0.5, 0.6) is 6.01 Å². The lowest BCUT2D eigenvalue weighted by atomic mass is 9.94. The number of benzene rings is 2. The van der Waals surface area contributed by atoms with Gasteiger partial charge in [0.25, 0.3) is 0 Å². The number of hydrogen-bond donors (Lipinski definition) is 2. The molecule has 254 valence electrons. The van der Waals surface area contributed by atoms with Gasteiger partial charge in [-0.1, -0.05) is 11.3 Å². The van der Waals surface area contributed by atoms with Crippen molar-refractivity contribution in [2.45, 2.75) is 62.1 Å². The normalized spacial score (nSPS) is 25.8. The number of nitrogens with zero attached hydrogens (tertiary/aromatic N) is 6. The van der Waals surface area contributed by atoms with E-state index in [1.165, 1.54) is 0 Å². The van der Waals surface area contributed by atoms with Crippen molar-refractivity contribution in [3.8, 4) is 17.1 Å². The minimum atomic E-state index is -5.06. The van der Waals surface area contributed by atoms with E-state index in [0.717, 1.165) is 36.0 Å². The van der Waals surface area contributed by atoms with Gasteiger partial charge >= 0.3 is 18.2 Å². The highest BCUT2D eigenvalue weighted by atomic mass is 32.1. The Morgan fingerprint density at radius 1 is 1.08 bits per heavy atom. The number of urea groups is 1. The van der Waals surface area contributed by atoms with Gasteiger partial charge < -0.3 is 26.0 Å². The number of fused-ring (bicyclic) bond motifs is 5. The van der Waals surface area contributed by atoms with Crippen LogP contribution in [0, 0.1) is 11.6 Å². The highest BCUT2D eigenvalue weighted by Crippen LogP contribution is 2.47. The summed E-state index contributed by atoms with van der Waals surface area (Å²) >= 11 is 0.736. The number of ether oxygens (including phenoxy) is 1. The SMILES string of the molecule is NC(=O)N1C2CCC1CN(c1nc(OC[C@@]34CCCN3C[C@H](F)C4)nc3c(F)c(-c4ccc(F)c5sc(N)nc45)c(C(F)(F)F)cc13)C2. The van der Waals surface area contributed by atoms with Gasteiger partial charge in [-0.15, -0.1) is 0 Å². The number of primary amides is 1. The smallest absolute Gasteiger partial charge is 0.417 e. The van der Waals surface area contributed by atoms with Crippen LogP contribution in [0.4, 0.5) is 42.1 Å². The summed E-state index contributed by atoms with van der Waals surface area (Å²) in [4.78, 5) is 30.4. The molecule has 2 aromatic carbocycles. The van der Waals surface area contributed by atoms with E-state index < -0.39 is 52.2 Å². The Morgan fingerprint density at radius 3 is 2.54 bits per heavy atom. The Hall–Kier alpha value is -4.12. The number of hydrogen-bond acceptors (Lipinski definition) is 9. The van der Waals surface area contributed by atoms with Crippen LogP contribution in [0.15, 0.2) is 18.2 Å². The largest absolute Gasteiger partial charge is 0.461 e. The number of thiazole rings is 1. The zero-order valence-corrected chi connectivity index (χ0v) is 26.2. The number of piperazine rings is 1. The highest BCUT2D eigenvalue weighted by Gasteiger charge is 2.50. The van der Waals surface area contributed by atoms with Crippen LogP contribution in [0.1, 0.15) is 37.7 Å². The first-order chi connectivity index (χ1) is 22.8. The van der Waals surface area contributed by atoms with Gasteiger partial charge in [-0.2, -0.15) is 23.1 Å². The molecule has 0 aliphatic carbocycles. The Labute approximate surface area is 273 Å². The quantitative estimate of drug-likeness (QED) is 0.264. The van der Waals surface area contributed by atoms with Crippen LogP contribution in [0.2, 0.25) is 0 Å². The molecule has 4 N–H and O–H groups in total. The fraction of sp³-hybridized carbons (Fsp3) is 0.484. The lowest BCUT2D eigenvalue weighted by molar-refractivity contribution is -0.137. The fourth-order valence-electron chi connectivity index (χ4n) is 8.26. The van der Waals surface area contributed by atoms with Crippen molar-refractivity contribution >= 4 is 49.4 Å². The van der Waals surface area contributed by atoms with Crippen molar-refractivity contribution in [2.24, 2.45) is 5.73 Å². The molecule has 4 aromatic rings. The van der Waals surface area contributed by atoms with Crippen LogP contribution >= 0.6 is 11.3 Å². The van der Waals surface area contributed by atoms with Gasteiger partial charge in [0.1, 0.15) is 29.9 Å². The number of carbonyl (C=O) groups excluding carboxylic acids is 1. The number of nitrogens with two attached hydrogens (primary N) is 2. The molecule has 4 atom stereocenters. The minimum Gasteiger partial charge on any atom is -0.461 e. The molecule has 48 heavy (non-hydrogen) atoms. The number of alkyl halides is 4. The Balaban J connectivity index is 1.31. The molecule has 4 fully saturated rings. The summed E-state index contributed by atoms with van der Waals surface area (Å²) in [5.74, 6) is -2.08. The van der Waals surface area contributed by atoms with Gasteiger partial charge in [0.2, 0.25) is 0 Å². The first kappa shape index (κ1) is 31.2. The lowest BCUT2D eigenvalue weighted by Gasteiger charge is -2.41. The summed E-state index contributed by atoms with van der Waals surface area (Å²) in [6.07, 6.45) is -3.07. The number of halogens is 6. The van der Waals surface area contributed by atoms with Crippen molar-refractivity contribution in [3.05, 3.63) is 35.4 Å². The second-order valence-electron chi connectivity index (χ2n) is 13.1. The molecule has 2 unspecified atom stereocenters. The van der Waals surface area contributed by atoms with Crippen LogP contribution in [0.25, 0.3) is 32.2 Å². The third kappa shape index (κ3) is 4.87. The van der Waals surface area contributed by atoms with E-state index in [1.54, 1.807) is 9.80 Å². The van der Waals surface area contributed by atoms with Crippen molar-refractivity contribution in [3.63, 3.8) is 0 Å². The molecule has 2 amide bonds. The van der Waals surface area contributed by atoms with Gasteiger partial charge in [0.05, 0.1) is 33.4 Å². The van der Waals surface area contributed by atoms with Gasteiger partial charge in [-0.25, -0.2) is 22.9 Å². The zero-order valence-electron chi connectivity index (χ0n) is 25.4. The number of carbonyl (C=O) groups is 1. The first-order valence-electron chi connectivity index (χ1n) is 15.6. The van der Waals surface area contributed by atoms with E-state index in [-0.39, 0.29) is 82.9 Å². The van der Waals surface area contributed by atoms with Crippen LogP contribution < -0.4 is 21.1 Å². The third-order valence-corrected chi connectivity index (χ3v) is 11.1. The Morgan fingerprint density at radius 2 is 1.83 bits per heavy atom. The maximum atomic E-state index is 16.9. The van der Waals surface area contributed by atoms with Crippen LogP contribution in [-0.2, 0) is 6.18 Å². The van der Waals surface area contributed by atoms with E-state index in [0.29, 0.717) is 25.8 Å². The molecule has 10 nitrogen and oxygen atoms in total. The van der Waals surface area contributed by atoms with Crippen molar-refractivity contribution in [1.29, 1.82) is 0 Å². The molecule has 4 aliphatic rings. The lowest BCUT2D eigenvalue weighted by Crippen LogP contribution is -2.57. The van der Waals surface area contributed by atoms with E-state index >= 15 is 4.39 Å². The van der Waals surface area contributed by atoms with Crippen molar-refractivity contribution < 1.29 is 35.9 Å². The second-order valence-corrected chi connectivity index (χ2v) is 14.1. The molecule has 2 bridgehead atoms. The monoisotopic (exact) mass is 692 g/mol. The van der Waals surface area contributed by atoms with E-state index in [4.69, 9.17) is 16.2 Å². The molecule has 17 heteroatoms. The van der Waals surface area contributed by atoms with Crippen LogP contribution in [0.3, 0.4) is 0 Å². The average Bonchev–Trinajstić information content (AvgIpc) is 3.75. The van der Waals surface area contributed by atoms with Gasteiger partial charge in [0.15, 0.2) is 10.9 Å². The maximum absolute atomic E-state index is 16.9. The predicted molar refractivity (Wildman–Crippen MR) is 166 cm³/mol. The minimum absolute atomic E-state index is 0.00435. The molecule has 0 radical (unpaired) electrons. The highest BCUT2D eigenvalue weighted by molar-refractivity contribution is 7.22. The standard InChI is InChI=1S/C31H30F6N8O2S/c32-14-9-30(6-1-7-44(30)10-14)13-47-29-41-23-18(26(42-29)43-11-15-2-3-16(12-43)45(15)28(39)46)8-19(31(35,36)37)21(22(23)34)17-4-5-20(33)25-24(17)40-27(38)48-25/h4-5,8,14-16H,1-3,6-7,9-13H2,(H2,38,40)(H2,39,46)/t14-,15?,16?,30+/m1/s1. The van der Waals surface area contributed by atoms with Crippen LogP contribution in [-0.4, -0.2) is 87.4 Å². The number of amides is 2. The van der Waals surface area contributed by atoms with Gasteiger partial charge in [0, 0.05) is 42.6 Å². The number of aromatic nitrogens is 3. The molecule has 0 spiro atoms. The topological polar surface area (TPSA) is 127 Å². The summed E-state index contributed by atoms with van der Waals surface area (Å²) in [5, 5.41) is -0.316. The first-order valence-corrected chi connectivity index (χ1v) is 16.5. The van der Waals surface area contributed by atoms with Crippen molar-refractivity contribution in [2.75, 3.05) is 43.4 Å². The molecule has 2 aromatic heterocycles. The molecular formula is C31H30F6N8O2S. The zero-order chi connectivity index (χ0) is 33.7. The summed E-state index contributed by atoms with van der Waals surface area (Å²) in [5.41, 5.74) is 7.66. The van der Waals surface area contributed by atoms with E-state index in [9.17, 15) is 26.7 Å². The molecule has 6 heterocycles. The molecule has 4 aliphatic heterocycles. The molecule has 8 rings (SSSR count). The number of nitrogen functional groups attached to an aromatic ring is 1. The number of rotatable bonds is 5. The molecular weight excluding hydrogens is 662 g/mol. The third-order valence-electron chi connectivity index (χ3n) is 10.2. The predicted octanol–water partition coefficient (Wildman–Crippen LogP) is 5.47. The summed E-state index contributed by atoms with van der Waals surface area (Å²) in [7, 11) is 0. The summed E-state index contributed by atoms with van der Waals surface area (Å²) in [6.45, 7) is 1.35. The molecule has 4 saturated heterocycles. The summed E-state index contributed by atoms with van der Waals surface area (Å²) in [6, 6.07) is 1.26. The van der Waals surface area contributed by atoms with Crippen molar-refractivity contribution in [1.82, 2.24) is 24.8 Å².